The van der Waals surface area contributed by atoms with Crippen LogP contribution in [0.25, 0.3) is 0 Å². The predicted molar refractivity (Wildman–Crippen MR) is 73.1 cm³/mol. The number of amidine groups is 1. The smallest absolute Gasteiger partial charge is 0.156 e. The third kappa shape index (κ3) is 2.93. The van der Waals surface area contributed by atoms with Crippen LogP contribution in [-0.2, 0) is 0 Å². The fraction of sp³-hybridized carbons (Fsp3) is 0.923. The second kappa shape index (κ2) is 5.95. The molecule has 0 aromatic heterocycles. The summed E-state index contributed by atoms with van der Waals surface area (Å²) in [4.78, 5) is 4.75. The summed E-state index contributed by atoms with van der Waals surface area (Å²) in [5.41, 5.74) is 0. The number of nitrogens with zero attached hydrogens (tertiary/aromatic N) is 1. The van der Waals surface area contributed by atoms with E-state index in [1.807, 2.05) is 11.8 Å². The van der Waals surface area contributed by atoms with Gasteiger partial charge in [-0.1, -0.05) is 44.9 Å². The Labute approximate surface area is 104 Å². The molecule has 0 bridgehead atoms. The van der Waals surface area contributed by atoms with Crippen molar-refractivity contribution in [2.45, 2.75) is 52.0 Å². The molecule has 1 aliphatic heterocycles. The Bertz CT molecular complexity index is 248. The van der Waals surface area contributed by atoms with Gasteiger partial charge in [-0.15, -0.1) is 0 Å². The molecule has 0 aromatic carbocycles. The summed E-state index contributed by atoms with van der Waals surface area (Å²) in [7, 11) is 0. The topological polar surface area (TPSA) is 24.4 Å². The zero-order chi connectivity index (χ0) is 11.4. The quantitative estimate of drug-likeness (QED) is 0.815. The first-order valence-corrected chi connectivity index (χ1v) is 7.75. The average Bonchev–Trinajstić information content (AvgIpc) is 2.77. The van der Waals surface area contributed by atoms with Gasteiger partial charge in [-0.25, -0.2) is 0 Å². The molecule has 2 rings (SSSR count). The molecule has 1 saturated heterocycles. The maximum Gasteiger partial charge on any atom is 0.156 e. The monoisotopic (exact) mass is 240 g/mol. The van der Waals surface area contributed by atoms with Gasteiger partial charge in [-0.3, -0.25) is 4.99 Å². The van der Waals surface area contributed by atoms with Crippen molar-refractivity contribution in [1.82, 2.24) is 5.32 Å². The van der Waals surface area contributed by atoms with E-state index in [-0.39, 0.29) is 0 Å². The Morgan fingerprint density at radius 3 is 2.94 bits per heavy atom. The van der Waals surface area contributed by atoms with Crippen molar-refractivity contribution in [2.75, 3.05) is 12.3 Å². The van der Waals surface area contributed by atoms with Crippen LogP contribution in [-0.4, -0.2) is 23.5 Å². The molecule has 2 atom stereocenters. The molecule has 1 saturated carbocycles. The van der Waals surface area contributed by atoms with Gasteiger partial charge in [-0.2, -0.15) is 0 Å². The molecule has 2 aliphatic rings. The average molecular weight is 240 g/mol. The Morgan fingerprint density at radius 1 is 1.38 bits per heavy atom. The molecule has 0 radical (unpaired) electrons. The van der Waals surface area contributed by atoms with E-state index in [0.29, 0.717) is 0 Å². The first kappa shape index (κ1) is 12.3. The Balaban J connectivity index is 1.83. The zero-order valence-electron chi connectivity index (χ0n) is 10.5. The molecule has 0 aromatic rings. The maximum atomic E-state index is 4.75. The molecule has 2 fully saturated rings. The van der Waals surface area contributed by atoms with Gasteiger partial charge in [0.25, 0.3) is 0 Å². The van der Waals surface area contributed by atoms with Crippen molar-refractivity contribution >= 4 is 16.9 Å². The zero-order valence-corrected chi connectivity index (χ0v) is 11.4. The van der Waals surface area contributed by atoms with E-state index in [1.54, 1.807) is 0 Å². The highest BCUT2D eigenvalue weighted by Crippen LogP contribution is 2.32. The van der Waals surface area contributed by atoms with Gasteiger partial charge >= 0.3 is 0 Å². The highest BCUT2D eigenvalue weighted by Gasteiger charge is 2.31. The summed E-state index contributed by atoms with van der Waals surface area (Å²) in [5.74, 6) is 2.98. The summed E-state index contributed by atoms with van der Waals surface area (Å²) in [6, 6.07) is 0.738. The summed E-state index contributed by atoms with van der Waals surface area (Å²) < 4.78 is 0. The number of fused-ring (bicyclic) bond motifs is 1. The van der Waals surface area contributed by atoms with Crippen LogP contribution >= 0.6 is 11.8 Å². The molecule has 16 heavy (non-hydrogen) atoms. The van der Waals surface area contributed by atoms with E-state index in [9.17, 15) is 0 Å². The van der Waals surface area contributed by atoms with E-state index in [1.165, 1.54) is 43.0 Å². The minimum absolute atomic E-state index is 0.738. The van der Waals surface area contributed by atoms with Crippen LogP contribution < -0.4 is 5.32 Å². The predicted octanol–water partition coefficient (Wildman–Crippen LogP) is 3.28. The van der Waals surface area contributed by atoms with E-state index in [2.05, 4.69) is 19.2 Å². The van der Waals surface area contributed by atoms with Gasteiger partial charge in [0.15, 0.2) is 5.17 Å². The van der Waals surface area contributed by atoms with Gasteiger partial charge in [-0.05, 0) is 24.7 Å². The minimum Gasteiger partial charge on any atom is -0.362 e. The largest absolute Gasteiger partial charge is 0.362 e. The number of hydrogen-bond acceptors (Lipinski definition) is 2. The standard InChI is InChI=1S/C13H24N2S/c1-3-10(4-2)8-14-13-15-12-7-5-6-11(12)9-16-13/h10-12H,3-9H2,1-2H3,(H,14,15). The molecule has 0 spiro atoms. The first-order valence-electron chi connectivity index (χ1n) is 6.77. The molecule has 1 N–H and O–H groups in total. The highest BCUT2D eigenvalue weighted by molar-refractivity contribution is 8.13. The lowest BCUT2D eigenvalue weighted by Gasteiger charge is -2.28. The van der Waals surface area contributed by atoms with Gasteiger partial charge in [0.2, 0.25) is 0 Å². The summed E-state index contributed by atoms with van der Waals surface area (Å²) >= 11 is 1.94. The van der Waals surface area contributed by atoms with Crippen LogP contribution in [0.4, 0.5) is 0 Å². The molecular formula is C13H24N2S. The van der Waals surface area contributed by atoms with Gasteiger partial charge in [0.05, 0.1) is 0 Å². The molecule has 0 amide bonds. The molecule has 2 nitrogen and oxygen atoms in total. The molecule has 92 valence electrons. The third-order valence-electron chi connectivity index (χ3n) is 4.05. The van der Waals surface area contributed by atoms with E-state index < -0.39 is 0 Å². The van der Waals surface area contributed by atoms with Crippen molar-refractivity contribution in [3.05, 3.63) is 0 Å². The first-order chi connectivity index (χ1) is 7.83. The molecule has 1 aliphatic carbocycles. The van der Waals surface area contributed by atoms with Crippen LogP contribution in [0.15, 0.2) is 4.99 Å². The van der Waals surface area contributed by atoms with Crippen LogP contribution in [0, 0.1) is 11.8 Å². The summed E-state index contributed by atoms with van der Waals surface area (Å²) in [6.45, 7) is 5.55. The Kier molecular flexibility index (Phi) is 4.56. The van der Waals surface area contributed by atoms with E-state index in [0.717, 1.165) is 24.4 Å². The summed E-state index contributed by atoms with van der Waals surface area (Å²) in [5, 5.41) is 4.85. The molecule has 2 unspecified atom stereocenters. The van der Waals surface area contributed by atoms with Crippen LogP contribution in [0.5, 0.6) is 0 Å². The van der Waals surface area contributed by atoms with Gasteiger partial charge in [0.1, 0.15) is 0 Å². The highest BCUT2D eigenvalue weighted by atomic mass is 32.2. The molecule has 1 heterocycles. The fourth-order valence-electron chi connectivity index (χ4n) is 2.66. The Hall–Kier alpha value is -0.180. The van der Waals surface area contributed by atoms with Crippen LogP contribution in [0.1, 0.15) is 46.0 Å². The lowest BCUT2D eigenvalue weighted by atomic mass is 10.0. The number of hydrogen-bond donors (Lipinski definition) is 1. The number of nitrogens with one attached hydrogen (secondary N) is 1. The normalized spacial score (nSPS) is 31.8. The second-order valence-electron chi connectivity index (χ2n) is 5.08. The molecular weight excluding hydrogens is 216 g/mol. The van der Waals surface area contributed by atoms with Gasteiger partial charge < -0.3 is 5.32 Å². The van der Waals surface area contributed by atoms with Crippen molar-refractivity contribution in [1.29, 1.82) is 0 Å². The second-order valence-corrected chi connectivity index (χ2v) is 6.09. The van der Waals surface area contributed by atoms with Crippen molar-refractivity contribution in [3.63, 3.8) is 0 Å². The van der Waals surface area contributed by atoms with Crippen molar-refractivity contribution < 1.29 is 0 Å². The van der Waals surface area contributed by atoms with Crippen LogP contribution in [0.2, 0.25) is 0 Å². The fourth-order valence-corrected chi connectivity index (χ4v) is 3.83. The van der Waals surface area contributed by atoms with Crippen molar-refractivity contribution in [3.8, 4) is 0 Å². The lowest BCUT2D eigenvalue weighted by Crippen LogP contribution is -2.41. The van der Waals surface area contributed by atoms with Crippen LogP contribution in [0.3, 0.4) is 0 Å². The van der Waals surface area contributed by atoms with Gasteiger partial charge in [0, 0.05) is 18.3 Å². The Morgan fingerprint density at radius 2 is 2.19 bits per heavy atom. The minimum atomic E-state index is 0.738. The number of thioether (sulfide) groups is 1. The number of rotatable bonds is 4. The number of aliphatic imine (C=N–C) groups is 1. The molecule has 3 heteroatoms. The maximum absolute atomic E-state index is 4.75. The SMILES string of the molecule is CCC(CC)CN=C1NC2CCCC2CS1. The summed E-state index contributed by atoms with van der Waals surface area (Å²) in [6.07, 6.45) is 6.69. The van der Waals surface area contributed by atoms with E-state index >= 15 is 0 Å². The van der Waals surface area contributed by atoms with Crippen molar-refractivity contribution in [2.24, 2.45) is 16.8 Å². The third-order valence-corrected chi connectivity index (χ3v) is 5.17. The lowest BCUT2D eigenvalue weighted by molar-refractivity contribution is 0.482. The van der Waals surface area contributed by atoms with E-state index in [4.69, 9.17) is 4.99 Å².